The van der Waals surface area contributed by atoms with Gasteiger partial charge in [0.15, 0.2) is 0 Å². The van der Waals surface area contributed by atoms with E-state index in [4.69, 9.17) is 0 Å². The number of alkyl halides is 3. The van der Waals surface area contributed by atoms with Crippen molar-refractivity contribution in [2.75, 3.05) is 7.05 Å². The molecular formula is C21H26F3N3O4S. The Hall–Kier alpha value is -2.14. The number of fused-ring (bicyclic) bond motifs is 1. The topological polar surface area (TPSA) is 86.8 Å². The van der Waals surface area contributed by atoms with Crippen molar-refractivity contribution >= 4 is 22.0 Å². The molecule has 176 valence electrons. The van der Waals surface area contributed by atoms with Crippen molar-refractivity contribution in [2.45, 2.75) is 68.6 Å². The molecular weight excluding hydrogens is 447 g/mol. The number of halogens is 3. The first kappa shape index (κ1) is 23.0. The van der Waals surface area contributed by atoms with Crippen molar-refractivity contribution in [3.63, 3.8) is 0 Å². The molecule has 0 spiro atoms. The smallest absolute Gasteiger partial charge is 0.316 e. The van der Waals surface area contributed by atoms with Crippen molar-refractivity contribution in [1.29, 1.82) is 0 Å². The highest BCUT2D eigenvalue weighted by molar-refractivity contribution is 7.90. The van der Waals surface area contributed by atoms with E-state index in [1.54, 1.807) is 0 Å². The van der Waals surface area contributed by atoms with Gasteiger partial charge in [-0.3, -0.25) is 9.69 Å². The van der Waals surface area contributed by atoms with Gasteiger partial charge in [0.1, 0.15) is 0 Å². The molecule has 1 aromatic rings. The summed E-state index contributed by atoms with van der Waals surface area (Å²) in [6.45, 7) is 1.52. The number of carbonyl (C=O) groups excluding carboxylic acids is 2. The number of urea groups is 1. The first-order valence-corrected chi connectivity index (χ1v) is 12.1. The first-order valence-electron chi connectivity index (χ1n) is 10.6. The molecule has 1 aliphatic heterocycles. The summed E-state index contributed by atoms with van der Waals surface area (Å²) in [6, 6.07) is 3.72. The number of hydrogen-bond donors (Lipinski definition) is 1. The van der Waals surface area contributed by atoms with Crippen molar-refractivity contribution in [2.24, 2.45) is 5.92 Å². The fraction of sp³-hybridized carbons (Fsp3) is 0.619. The third-order valence-corrected chi connectivity index (χ3v) is 8.92. The molecule has 1 saturated heterocycles. The zero-order valence-corrected chi connectivity index (χ0v) is 18.7. The number of rotatable bonds is 5. The van der Waals surface area contributed by atoms with Crippen LogP contribution in [0.2, 0.25) is 0 Å². The van der Waals surface area contributed by atoms with Gasteiger partial charge in [-0.05, 0) is 50.7 Å². The third-order valence-electron chi connectivity index (χ3n) is 6.84. The van der Waals surface area contributed by atoms with Crippen molar-refractivity contribution in [1.82, 2.24) is 14.5 Å². The largest absolute Gasteiger partial charge is 0.416 e. The van der Waals surface area contributed by atoms with E-state index < -0.39 is 56.4 Å². The van der Waals surface area contributed by atoms with Crippen LogP contribution in [0.25, 0.3) is 0 Å². The molecule has 3 fully saturated rings. The van der Waals surface area contributed by atoms with E-state index in [-0.39, 0.29) is 31.4 Å². The van der Waals surface area contributed by atoms with Gasteiger partial charge in [-0.15, -0.1) is 0 Å². The highest BCUT2D eigenvalue weighted by Crippen LogP contribution is 2.41. The number of carbonyl (C=O) groups is 2. The molecule has 0 radical (unpaired) electrons. The van der Waals surface area contributed by atoms with Crippen LogP contribution in [0, 0.1) is 5.92 Å². The van der Waals surface area contributed by atoms with E-state index in [9.17, 15) is 31.2 Å². The number of benzene rings is 1. The molecule has 4 rings (SSSR count). The number of imide groups is 1. The van der Waals surface area contributed by atoms with Crippen LogP contribution in [-0.4, -0.2) is 54.0 Å². The normalized spacial score (nSPS) is 28.0. The maximum Gasteiger partial charge on any atom is 0.416 e. The monoisotopic (exact) mass is 473 g/mol. The van der Waals surface area contributed by atoms with E-state index in [1.165, 1.54) is 30.1 Å². The van der Waals surface area contributed by atoms with E-state index in [2.05, 4.69) is 4.72 Å². The van der Waals surface area contributed by atoms with Gasteiger partial charge in [-0.1, -0.05) is 18.2 Å². The molecule has 3 amide bonds. The minimum atomic E-state index is -4.58. The Bertz CT molecular complexity index is 1040. The summed E-state index contributed by atoms with van der Waals surface area (Å²) in [5, 5.41) is -0.781. The SMILES string of the molecule is CN1C(=O)C2CC(S(=O)(=O)NC3(C)CC3)CCC2N(Cc2ccccc2C(F)(F)F)C1=O. The molecule has 1 heterocycles. The van der Waals surface area contributed by atoms with E-state index in [0.717, 1.165) is 23.8 Å². The molecule has 1 N–H and O–H groups in total. The van der Waals surface area contributed by atoms with Crippen LogP contribution in [0.15, 0.2) is 24.3 Å². The molecule has 7 nitrogen and oxygen atoms in total. The number of nitrogens with zero attached hydrogens (tertiary/aromatic N) is 2. The van der Waals surface area contributed by atoms with Gasteiger partial charge < -0.3 is 4.90 Å². The van der Waals surface area contributed by atoms with Crippen LogP contribution >= 0.6 is 0 Å². The fourth-order valence-electron chi connectivity index (χ4n) is 4.73. The van der Waals surface area contributed by atoms with Gasteiger partial charge in [-0.2, -0.15) is 13.2 Å². The van der Waals surface area contributed by atoms with Crippen LogP contribution in [0.1, 0.15) is 50.2 Å². The Morgan fingerprint density at radius 2 is 1.81 bits per heavy atom. The van der Waals surface area contributed by atoms with Gasteiger partial charge in [0, 0.05) is 25.2 Å². The first-order chi connectivity index (χ1) is 14.8. The Balaban J connectivity index is 1.59. The molecule has 1 aromatic carbocycles. The quantitative estimate of drug-likeness (QED) is 0.712. The Labute approximate surface area is 185 Å². The molecule has 0 aromatic heterocycles. The number of hydrogen-bond acceptors (Lipinski definition) is 4. The second kappa shape index (κ2) is 7.72. The number of nitrogens with one attached hydrogen (secondary N) is 1. The average molecular weight is 474 g/mol. The van der Waals surface area contributed by atoms with Crippen LogP contribution in [-0.2, 0) is 27.5 Å². The lowest BCUT2D eigenvalue weighted by molar-refractivity contribution is -0.141. The lowest BCUT2D eigenvalue weighted by Crippen LogP contribution is -2.62. The van der Waals surface area contributed by atoms with Crippen LogP contribution < -0.4 is 4.72 Å². The second-order valence-corrected chi connectivity index (χ2v) is 11.2. The van der Waals surface area contributed by atoms with Gasteiger partial charge >= 0.3 is 12.2 Å². The summed E-state index contributed by atoms with van der Waals surface area (Å²) in [5.41, 5.74) is -1.33. The fourth-order valence-corrected chi connectivity index (χ4v) is 6.70. The van der Waals surface area contributed by atoms with Crippen molar-refractivity contribution < 1.29 is 31.2 Å². The van der Waals surface area contributed by atoms with Gasteiger partial charge in [0.2, 0.25) is 15.9 Å². The zero-order valence-electron chi connectivity index (χ0n) is 17.9. The van der Waals surface area contributed by atoms with E-state index in [0.29, 0.717) is 0 Å². The van der Waals surface area contributed by atoms with Gasteiger partial charge in [0.05, 0.1) is 16.7 Å². The van der Waals surface area contributed by atoms with Crippen LogP contribution in [0.4, 0.5) is 18.0 Å². The summed E-state index contributed by atoms with van der Waals surface area (Å²) in [4.78, 5) is 27.9. The number of sulfonamides is 1. The minimum Gasteiger partial charge on any atom is -0.316 e. The number of amides is 3. The van der Waals surface area contributed by atoms with Gasteiger partial charge in [-0.25, -0.2) is 17.9 Å². The minimum absolute atomic E-state index is 0.0317. The summed E-state index contributed by atoms with van der Waals surface area (Å²) >= 11 is 0. The van der Waals surface area contributed by atoms with Gasteiger partial charge in [0.25, 0.3) is 0 Å². The zero-order chi connectivity index (χ0) is 23.5. The molecule has 3 unspecified atom stereocenters. The van der Waals surface area contributed by atoms with E-state index >= 15 is 0 Å². The molecule has 3 atom stereocenters. The highest BCUT2D eigenvalue weighted by Gasteiger charge is 2.51. The molecule has 0 bridgehead atoms. The van der Waals surface area contributed by atoms with Crippen LogP contribution in [0.3, 0.4) is 0 Å². The summed E-state index contributed by atoms with van der Waals surface area (Å²) in [6.07, 6.45) is -2.57. The third kappa shape index (κ3) is 4.24. The molecule has 2 saturated carbocycles. The predicted molar refractivity (Wildman–Crippen MR) is 110 cm³/mol. The average Bonchev–Trinajstić information content (AvgIpc) is 3.44. The predicted octanol–water partition coefficient (Wildman–Crippen LogP) is 3.11. The summed E-state index contributed by atoms with van der Waals surface area (Å²) in [7, 11) is -2.38. The maximum absolute atomic E-state index is 13.5. The molecule has 32 heavy (non-hydrogen) atoms. The van der Waals surface area contributed by atoms with Crippen molar-refractivity contribution in [3.05, 3.63) is 35.4 Å². The second-order valence-electron chi connectivity index (χ2n) is 9.28. The van der Waals surface area contributed by atoms with E-state index in [1.807, 2.05) is 6.92 Å². The Morgan fingerprint density at radius 1 is 1.16 bits per heavy atom. The lowest BCUT2D eigenvalue weighted by Gasteiger charge is -2.47. The molecule has 2 aliphatic carbocycles. The maximum atomic E-state index is 13.5. The molecule has 3 aliphatic rings. The van der Waals surface area contributed by atoms with Crippen LogP contribution in [0.5, 0.6) is 0 Å². The van der Waals surface area contributed by atoms with Crippen molar-refractivity contribution in [3.8, 4) is 0 Å². The summed E-state index contributed by atoms with van der Waals surface area (Å²) < 4.78 is 68.8. The molecule has 11 heteroatoms. The Morgan fingerprint density at radius 3 is 2.44 bits per heavy atom. The standard InChI is InChI=1S/C21H26F3N3O4S/c1-20(9-10-20)25-32(30,31)14-7-8-17-15(11-14)18(28)26(2)19(29)27(17)12-13-5-3-4-6-16(13)21(22,23)24/h3-6,14-15,17,25H,7-12H2,1-2H3. The highest BCUT2D eigenvalue weighted by atomic mass is 32.2. The lowest BCUT2D eigenvalue weighted by atomic mass is 9.80. The summed E-state index contributed by atoms with van der Waals surface area (Å²) in [5.74, 6) is -1.27. The Kier molecular flexibility index (Phi) is 5.56.